The third kappa shape index (κ3) is 6.69. The van der Waals surface area contributed by atoms with Gasteiger partial charge in [-0.25, -0.2) is 4.79 Å². The number of carbonyl (C=O) groups is 2. The molecule has 2 aromatic heterocycles. The summed E-state index contributed by atoms with van der Waals surface area (Å²) < 4.78 is 12.3. The SMILES string of the molecule is Cc1ccc(Cn2nc(C)c(C=CC(=O)OCC(=O)N(CCC#N)Cc3ccco3)c2C)cc1. The van der Waals surface area contributed by atoms with Crippen LogP contribution in [0.5, 0.6) is 0 Å². The van der Waals surface area contributed by atoms with E-state index in [1.807, 2.05) is 31.5 Å². The number of amides is 1. The highest BCUT2D eigenvalue weighted by atomic mass is 16.5. The lowest BCUT2D eigenvalue weighted by Crippen LogP contribution is -2.34. The molecule has 0 saturated heterocycles. The molecule has 34 heavy (non-hydrogen) atoms. The van der Waals surface area contributed by atoms with E-state index in [1.165, 1.54) is 22.8 Å². The van der Waals surface area contributed by atoms with Crippen LogP contribution in [0.1, 0.15) is 40.3 Å². The summed E-state index contributed by atoms with van der Waals surface area (Å²) in [5.74, 6) is -0.436. The molecule has 0 fully saturated rings. The number of benzene rings is 1. The summed E-state index contributed by atoms with van der Waals surface area (Å²) >= 11 is 0. The number of carbonyl (C=O) groups excluding carboxylic acids is 2. The molecule has 3 aromatic rings. The highest BCUT2D eigenvalue weighted by molar-refractivity contribution is 5.89. The van der Waals surface area contributed by atoms with Gasteiger partial charge in [0.15, 0.2) is 6.61 Å². The first-order valence-corrected chi connectivity index (χ1v) is 11.0. The zero-order chi connectivity index (χ0) is 24.5. The summed E-state index contributed by atoms with van der Waals surface area (Å²) in [4.78, 5) is 26.2. The molecule has 8 nitrogen and oxygen atoms in total. The first-order chi connectivity index (χ1) is 16.4. The molecular weight excluding hydrogens is 432 g/mol. The van der Waals surface area contributed by atoms with Crippen molar-refractivity contribution in [3.63, 3.8) is 0 Å². The predicted octanol–water partition coefficient (Wildman–Crippen LogP) is 3.95. The molecule has 176 valence electrons. The smallest absolute Gasteiger partial charge is 0.331 e. The van der Waals surface area contributed by atoms with Gasteiger partial charge in [0.1, 0.15) is 5.76 Å². The van der Waals surface area contributed by atoms with Gasteiger partial charge in [0.25, 0.3) is 5.91 Å². The first kappa shape index (κ1) is 24.5. The number of esters is 1. The molecule has 0 bridgehead atoms. The maximum atomic E-state index is 12.5. The summed E-state index contributed by atoms with van der Waals surface area (Å²) in [5, 5.41) is 13.4. The van der Waals surface area contributed by atoms with Gasteiger partial charge in [0.2, 0.25) is 0 Å². The molecule has 0 saturated carbocycles. The van der Waals surface area contributed by atoms with E-state index in [4.69, 9.17) is 14.4 Å². The normalized spacial score (nSPS) is 10.9. The van der Waals surface area contributed by atoms with Crippen LogP contribution in [-0.2, 0) is 27.4 Å². The summed E-state index contributed by atoms with van der Waals surface area (Å²) in [5.41, 5.74) is 4.90. The molecule has 0 radical (unpaired) electrons. The van der Waals surface area contributed by atoms with E-state index in [9.17, 15) is 9.59 Å². The minimum absolute atomic E-state index is 0.172. The molecule has 0 unspecified atom stereocenters. The minimum Gasteiger partial charge on any atom is -0.467 e. The van der Waals surface area contributed by atoms with E-state index in [0.717, 1.165) is 22.5 Å². The maximum Gasteiger partial charge on any atom is 0.331 e. The van der Waals surface area contributed by atoms with E-state index in [2.05, 4.69) is 29.4 Å². The molecule has 2 heterocycles. The number of furan rings is 1. The lowest BCUT2D eigenvalue weighted by molar-refractivity contribution is -0.148. The number of nitriles is 1. The third-order valence-corrected chi connectivity index (χ3v) is 5.39. The summed E-state index contributed by atoms with van der Waals surface area (Å²) in [7, 11) is 0. The number of ether oxygens (including phenoxy) is 1. The van der Waals surface area contributed by atoms with E-state index in [-0.39, 0.29) is 19.5 Å². The fourth-order valence-electron chi connectivity index (χ4n) is 3.46. The van der Waals surface area contributed by atoms with Crippen LogP contribution in [0.3, 0.4) is 0 Å². The number of hydrogen-bond donors (Lipinski definition) is 0. The van der Waals surface area contributed by atoms with Gasteiger partial charge in [-0.05, 0) is 44.5 Å². The molecule has 0 aliphatic carbocycles. The van der Waals surface area contributed by atoms with Crippen molar-refractivity contribution in [2.45, 2.75) is 40.3 Å². The Hall–Kier alpha value is -4.12. The van der Waals surface area contributed by atoms with E-state index in [0.29, 0.717) is 12.3 Å². The number of aromatic nitrogens is 2. The highest BCUT2D eigenvalue weighted by Gasteiger charge is 2.17. The van der Waals surface area contributed by atoms with Crippen LogP contribution in [0.15, 0.2) is 53.2 Å². The average Bonchev–Trinajstić information content (AvgIpc) is 3.43. The van der Waals surface area contributed by atoms with E-state index >= 15 is 0 Å². The molecule has 8 heteroatoms. The van der Waals surface area contributed by atoms with Crippen molar-refractivity contribution in [1.82, 2.24) is 14.7 Å². The van der Waals surface area contributed by atoms with Gasteiger partial charge >= 0.3 is 5.97 Å². The zero-order valence-corrected chi connectivity index (χ0v) is 19.7. The second kappa shape index (κ2) is 11.7. The van der Waals surface area contributed by atoms with E-state index in [1.54, 1.807) is 18.2 Å². The fourth-order valence-corrected chi connectivity index (χ4v) is 3.46. The van der Waals surface area contributed by atoms with Crippen molar-refractivity contribution in [1.29, 1.82) is 5.26 Å². The Morgan fingerprint density at radius 3 is 2.65 bits per heavy atom. The lowest BCUT2D eigenvalue weighted by atomic mass is 10.1. The van der Waals surface area contributed by atoms with Gasteiger partial charge < -0.3 is 14.1 Å². The molecule has 1 aromatic carbocycles. The first-order valence-electron chi connectivity index (χ1n) is 11.0. The van der Waals surface area contributed by atoms with Gasteiger partial charge in [-0.3, -0.25) is 9.48 Å². The number of hydrogen-bond acceptors (Lipinski definition) is 6. The van der Waals surface area contributed by atoms with Crippen molar-refractivity contribution in [3.05, 3.63) is 82.6 Å². The van der Waals surface area contributed by atoms with Gasteiger partial charge in [-0.1, -0.05) is 29.8 Å². The lowest BCUT2D eigenvalue weighted by Gasteiger charge is -2.20. The zero-order valence-electron chi connectivity index (χ0n) is 19.7. The maximum absolute atomic E-state index is 12.5. The molecular formula is C26H28N4O4. The fraction of sp³-hybridized carbons (Fsp3) is 0.308. The second-order valence-corrected chi connectivity index (χ2v) is 7.97. The molecule has 0 spiro atoms. The Labute approximate surface area is 199 Å². The van der Waals surface area contributed by atoms with Crippen molar-refractivity contribution < 1.29 is 18.7 Å². The Kier molecular flexibility index (Phi) is 8.41. The van der Waals surface area contributed by atoms with Crippen LogP contribution in [0.4, 0.5) is 0 Å². The second-order valence-electron chi connectivity index (χ2n) is 7.97. The average molecular weight is 461 g/mol. The molecule has 3 rings (SSSR count). The molecule has 0 aliphatic rings. The van der Waals surface area contributed by atoms with Crippen LogP contribution < -0.4 is 0 Å². The Morgan fingerprint density at radius 2 is 1.97 bits per heavy atom. The van der Waals surface area contributed by atoms with Gasteiger partial charge in [0, 0.05) is 23.9 Å². The summed E-state index contributed by atoms with van der Waals surface area (Å²) in [6.07, 6.45) is 4.64. The monoisotopic (exact) mass is 460 g/mol. The molecule has 1 amide bonds. The topological polar surface area (TPSA) is 101 Å². The van der Waals surface area contributed by atoms with Gasteiger partial charge in [-0.15, -0.1) is 0 Å². The van der Waals surface area contributed by atoms with Gasteiger partial charge in [0.05, 0.1) is 37.5 Å². The van der Waals surface area contributed by atoms with Gasteiger partial charge in [-0.2, -0.15) is 10.4 Å². The minimum atomic E-state index is -0.628. The Balaban J connectivity index is 1.58. The molecule has 0 atom stereocenters. The molecule has 0 N–H and O–H groups in total. The van der Waals surface area contributed by atoms with Crippen LogP contribution in [0, 0.1) is 32.1 Å². The van der Waals surface area contributed by atoms with Crippen molar-refractivity contribution in [2.75, 3.05) is 13.2 Å². The van der Waals surface area contributed by atoms with Crippen molar-refractivity contribution >= 4 is 18.0 Å². The predicted molar refractivity (Wildman–Crippen MR) is 126 cm³/mol. The highest BCUT2D eigenvalue weighted by Crippen LogP contribution is 2.17. The summed E-state index contributed by atoms with van der Waals surface area (Å²) in [6, 6.07) is 13.7. The van der Waals surface area contributed by atoms with Crippen LogP contribution in [0.2, 0.25) is 0 Å². The Bertz CT molecular complexity index is 1180. The van der Waals surface area contributed by atoms with Crippen LogP contribution in [0.25, 0.3) is 6.08 Å². The van der Waals surface area contributed by atoms with Crippen LogP contribution in [-0.4, -0.2) is 39.7 Å². The number of aryl methyl sites for hydroxylation is 2. The van der Waals surface area contributed by atoms with Crippen molar-refractivity contribution in [2.24, 2.45) is 0 Å². The van der Waals surface area contributed by atoms with Crippen LogP contribution >= 0.6 is 0 Å². The number of rotatable bonds is 10. The largest absolute Gasteiger partial charge is 0.467 e. The standard InChI is InChI=1S/C26H28N4O4/c1-19-7-9-22(10-8-19)16-30-21(3)24(20(2)28-30)11-12-26(32)34-18-25(31)29(14-5-13-27)17-23-6-4-15-33-23/h4,6-12,15H,5,14,16-18H2,1-3H3. The number of nitrogens with zero attached hydrogens (tertiary/aromatic N) is 4. The third-order valence-electron chi connectivity index (χ3n) is 5.39. The van der Waals surface area contributed by atoms with E-state index < -0.39 is 18.5 Å². The summed E-state index contributed by atoms with van der Waals surface area (Å²) in [6.45, 7) is 6.53. The molecule has 0 aliphatic heterocycles. The quantitative estimate of drug-likeness (QED) is 0.335. The van der Waals surface area contributed by atoms with Crippen molar-refractivity contribution in [3.8, 4) is 6.07 Å². The Morgan fingerprint density at radius 1 is 1.21 bits per heavy atom.